The maximum atomic E-state index is 5.85. The molecule has 1 fully saturated rings. The summed E-state index contributed by atoms with van der Waals surface area (Å²) in [4.78, 5) is 4.86. The summed E-state index contributed by atoms with van der Waals surface area (Å²) in [6.45, 7) is 11.3. The Kier molecular flexibility index (Phi) is 11.5. The Morgan fingerprint density at radius 2 is 1.89 bits per heavy atom. The van der Waals surface area contributed by atoms with E-state index in [1.165, 1.54) is 31.2 Å². The Hall–Kier alpha value is -1.17. The lowest BCUT2D eigenvalue weighted by atomic mass is 10.1. The van der Waals surface area contributed by atoms with Crippen molar-refractivity contribution in [1.82, 2.24) is 15.1 Å². The van der Waals surface area contributed by atoms with Gasteiger partial charge in [-0.25, -0.2) is 0 Å². The van der Waals surface area contributed by atoms with Crippen molar-refractivity contribution in [2.24, 2.45) is 0 Å². The van der Waals surface area contributed by atoms with Gasteiger partial charge in [-0.2, -0.15) is 0 Å². The molecule has 158 valence electrons. The lowest BCUT2D eigenvalue weighted by molar-refractivity contribution is 0.0367. The molecule has 1 heterocycles. The molecule has 0 saturated carbocycles. The van der Waals surface area contributed by atoms with Gasteiger partial charge in [-0.3, -0.25) is 4.90 Å². The van der Waals surface area contributed by atoms with Gasteiger partial charge in [0.05, 0.1) is 13.2 Å². The van der Waals surface area contributed by atoms with Crippen LogP contribution in [0.2, 0.25) is 0 Å². The van der Waals surface area contributed by atoms with Crippen molar-refractivity contribution in [3.8, 4) is 0 Å². The molecule has 1 aromatic rings. The zero-order valence-electron chi connectivity index (χ0n) is 17.9. The number of rotatable bonds is 12. The maximum Gasteiger partial charge on any atom is 0.169 e. The number of ether oxygens (including phenoxy) is 1. The van der Waals surface area contributed by atoms with Crippen molar-refractivity contribution in [3.05, 3.63) is 35.9 Å². The summed E-state index contributed by atoms with van der Waals surface area (Å²) in [7, 11) is 0. The third-order valence-electron chi connectivity index (χ3n) is 5.49. The number of thiocarbonyl (C=S) groups is 1. The normalized spacial score (nSPS) is 15.9. The van der Waals surface area contributed by atoms with Crippen LogP contribution in [0, 0.1) is 0 Å². The van der Waals surface area contributed by atoms with E-state index >= 15 is 0 Å². The first kappa shape index (κ1) is 23.1. The second kappa shape index (κ2) is 13.9. The molecular weight excluding hydrogens is 366 g/mol. The monoisotopic (exact) mass is 405 g/mol. The van der Waals surface area contributed by atoms with Crippen molar-refractivity contribution in [3.63, 3.8) is 0 Å². The standard InChI is InChI=1S/C23H39N3OS/c1-3-5-7-13-22(4-2)24-23(28)26(20-21-11-8-6-9-12-21)15-10-14-25-16-18-27-19-17-25/h6,8-9,11-12,22H,3-5,7,10,13-20H2,1-2H3,(H,24,28). The van der Waals surface area contributed by atoms with Gasteiger partial charge in [-0.1, -0.05) is 63.4 Å². The van der Waals surface area contributed by atoms with E-state index in [4.69, 9.17) is 17.0 Å². The predicted octanol–water partition coefficient (Wildman–Crippen LogP) is 4.44. The number of nitrogens with one attached hydrogen (secondary N) is 1. The van der Waals surface area contributed by atoms with Crippen LogP contribution in [-0.2, 0) is 11.3 Å². The summed E-state index contributed by atoms with van der Waals surface area (Å²) in [5.41, 5.74) is 1.32. The van der Waals surface area contributed by atoms with Gasteiger partial charge in [0.15, 0.2) is 5.11 Å². The van der Waals surface area contributed by atoms with E-state index < -0.39 is 0 Å². The number of hydrogen-bond acceptors (Lipinski definition) is 3. The minimum absolute atomic E-state index is 0.483. The first-order chi connectivity index (χ1) is 13.7. The molecule has 1 aliphatic rings. The fourth-order valence-electron chi connectivity index (χ4n) is 3.65. The lowest BCUT2D eigenvalue weighted by Gasteiger charge is -2.31. The van der Waals surface area contributed by atoms with Gasteiger partial charge in [-0.05, 0) is 37.0 Å². The van der Waals surface area contributed by atoms with E-state index in [-0.39, 0.29) is 0 Å². The van der Waals surface area contributed by atoms with E-state index in [0.29, 0.717) is 6.04 Å². The van der Waals surface area contributed by atoms with Crippen LogP contribution in [0.15, 0.2) is 30.3 Å². The fraction of sp³-hybridized carbons (Fsp3) is 0.696. The molecule has 0 spiro atoms. The summed E-state index contributed by atoms with van der Waals surface area (Å²) in [5.74, 6) is 0. The topological polar surface area (TPSA) is 27.7 Å². The van der Waals surface area contributed by atoms with Crippen LogP contribution < -0.4 is 5.32 Å². The Morgan fingerprint density at radius 1 is 1.14 bits per heavy atom. The van der Waals surface area contributed by atoms with Crippen LogP contribution >= 0.6 is 12.2 Å². The molecule has 5 heteroatoms. The number of morpholine rings is 1. The highest BCUT2D eigenvalue weighted by atomic mass is 32.1. The molecule has 0 aromatic heterocycles. The van der Waals surface area contributed by atoms with Gasteiger partial charge < -0.3 is 15.0 Å². The minimum atomic E-state index is 0.483. The van der Waals surface area contributed by atoms with E-state index in [2.05, 4.69) is 59.3 Å². The van der Waals surface area contributed by atoms with Gasteiger partial charge >= 0.3 is 0 Å². The zero-order chi connectivity index (χ0) is 20.0. The molecule has 0 bridgehead atoms. The third-order valence-corrected chi connectivity index (χ3v) is 5.86. The average molecular weight is 406 g/mol. The third kappa shape index (κ3) is 8.89. The van der Waals surface area contributed by atoms with Gasteiger partial charge in [0.25, 0.3) is 0 Å². The van der Waals surface area contributed by atoms with E-state index in [9.17, 15) is 0 Å². The molecule has 2 rings (SSSR count). The molecule has 28 heavy (non-hydrogen) atoms. The van der Waals surface area contributed by atoms with Crippen LogP contribution in [-0.4, -0.2) is 60.3 Å². The highest BCUT2D eigenvalue weighted by Crippen LogP contribution is 2.10. The first-order valence-electron chi connectivity index (χ1n) is 11.1. The van der Waals surface area contributed by atoms with E-state index in [1.807, 2.05) is 0 Å². The quantitative estimate of drug-likeness (QED) is 0.410. The molecular formula is C23H39N3OS. The highest BCUT2D eigenvalue weighted by molar-refractivity contribution is 7.80. The predicted molar refractivity (Wildman–Crippen MR) is 123 cm³/mol. The SMILES string of the molecule is CCCCCC(CC)NC(=S)N(CCCN1CCOCC1)Cc1ccccc1. The Bertz CT molecular complexity index is 534. The summed E-state index contributed by atoms with van der Waals surface area (Å²) < 4.78 is 5.46. The highest BCUT2D eigenvalue weighted by Gasteiger charge is 2.16. The number of unbranched alkanes of at least 4 members (excludes halogenated alkanes) is 2. The molecule has 1 atom stereocenters. The average Bonchev–Trinajstić information content (AvgIpc) is 2.74. The van der Waals surface area contributed by atoms with Crippen molar-refractivity contribution in [2.45, 2.75) is 65.0 Å². The van der Waals surface area contributed by atoms with Crippen molar-refractivity contribution >= 4 is 17.3 Å². The smallest absolute Gasteiger partial charge is 0.169 e. The van der Waals surface area contributed by atoms with Crippen LogP contribution in [0.25, 0.3) is 0 Å². The summed E-state index contributed by atoms with van der Waals surface area (Å²) in [6, 6.07) is 11.2. The lowest BCUT2D eigenvalue weighted by Crippen LogP contribution is -2.45. The zero-order valence-corrected chi connectivity index (χ0v) is 18.7. The van der Waals surface area contributed by atoms with Gasteiger partial charge in [0.2, 0.25) is 0 Å². The molecule has 1 aliphatic heterocycles. The number of benzene rings is 1. The van der Waals surface area contributed by atoms with E-state index in [0.717, 1.165) is 63.9 Å². The minimum Gasteiger partial charge on any atom is -0.379 e. The second-order valence-corrected chi connectivity index (χ2v) is 8.15. The summed E-state index contributed by atoms with van der Waals surface area (Å²) in [5, 5.41) is 4.57. The van der Waals surface area contributed by atoms with Crippen molar-refractivity contribution in [2.75, 3.05) is 39.4 Å². The number of nitrogens with zero attached hydrogens (tertiary/aromatic N) is 2. The molecule has 1 unspecified atom stereocenters. The molecule has 1 aromatic carbocycles. The van der Waals surface area contributed by atoms with Gasteiger partial charge in [0.1, 0.15) is 0 Å². The van der Waals surface area contributed by atoms with Gasteiger partial charge in [-0.15, -0.1) is 0 Å². The summed E-state index contributed by atoms with van der Waals surface area (Å²) in [6.07, 6.45) is 7.30. The van der Waals surface area contributed by atoms with E-state index in [1.54, 1.807) is 0 Å². The molecule has 0 amide bonds. The van der Waals surface area contributed by atoms with Crippen LogP contribution in [0.4, 0.5) is 0 Å². The molecule has 4 nitrogen and oxygen atoms in total. The Balaban J connectivity index is 1.88. The van der Waals surface area contributed by atoms with Crippen LogP contribution in [0.5, 0.6) is 0 Å². The van der Waals surface area contributed by atoms with Crippen molar-refractivity contribution < 1.29 is 4.74 Å². The van der Waals surface area contributed by atoms with Gasteiger partial charge in [0, 0.05) is 38.8 Å². The molecule has 0 radical (unpaired) electrons. The summed E-state index contributed by atoms with van der Waals surface area (Å²) >= 11 is 5.85. The number of hydrogen-bond donors (Lipinski definition) is 1. The van der Waals surface area contributed by atoms with Crippen LogP contribution in [0.3, 0.4) is 0 Å². The maximum absolute atomic E-state index is 5.85. The molecule has 1 saturated heterocycles. The Labute approximate surface area is 177 Å². The van der Waals surface area contributed by atoms with Crippen molar-refractivity contribution in [1.29, 1.82) is 0 Å². The first-order valence-corrected chi connectivity index (χ1v) is 11.5. The second-order valence-electron chi connectivity index (χ2n) is 7.77. The largest absolute Gasteiger partial charge is 0.379 e. The molecule has 1 N–H and O–H groups in total. The van der Waals surface area contributed by atoms with Crippen LogP contribution in [0.1, 0.15) is 57.9 Å². The Morgan fingerprint density at radius 3 is 2.57 bits per heavy atom. The molecule has 0 aliphatic carbocycles. The fourth-order valence-corrected chi connectivity index (χ4v) is 3.97.